The van der Waals surface area contributed by atoms with Gasteiger partial charge in [-0.25, -0.2) is 0 Å². The van der Waals surface area contributed by atoms with Crippen LogP contribution in [0.25, 0.3) is 0 Å². The molecule has 0 spiro atoms. The zero-order valence-electron chi connectivity index (χ0n) is 10.3. The van der Waals surface area contributed by atoms with E-state index in [0.29, 0.717) is 25.7 Å². The number of nitrogens with two attached hydrogens (primary N) is 1. The average molecular weight is 300 g/mol. The van der Waals surface area contributed by atoms with Crippen molar-refractivity contribution >= 4 is 15.9 Å². The van der Waals surface area contributed by atoms with E-state index in [-0.39, 0.29) is 0 Å². The van der Waals surface area contributed by atoms with Crippen molar-refractivity contribution in [2.24, 2.45) is 5.73 Å². The standard InChI is InChI=1S/C13H18BrNO2/c1-8(7-15)10-6-11(14)13-12(9(10)2)16-4-3-5-17-13/h6,8H,3-5,7,15H2,1-2H3. The fourth-order valence-electron chi connectivity index (χ4n) is 2.07. The molecule has 1 heterocycles. The quantitative estimate of drug-likeness (QED) is 0.913. The molecule has 94 valence electrons. The first-order chi connectivity index (χ1) is 8.15. The van der Waals surface area contributed by atoms with E-state index in [0.717, 1.165) is 28.0 Å². The first-order valence-corrected chi connectivity index (χ1v) is 6.73. The van der Waals surface area contributed by atoms with Gasteiger partial charge in [-0.2, -0.15) is 0 Å². The smallest absolute Gasteiger partial charge is 0.175 e. The molecule has 0 bridgehead atoms. The van der Waals surface area contributed by atoms with Crippen LogP contribution in [0.3, 0.4) is 0 Å². The van der Waals surface area contributed by atoms with Gasteiger partial charge in [0.1, 0.15) is 0 Å². The van der Waals surface area contributed by atoms with Crippen LogP contribution in [-0.2, 0) is 0 Å². The van der Waals surface area contributed by atoms with Crippen molar-refractivity contribution < 1.29 is 9.47 Å². The van der Waals surface area contributed by atoms with Gasteiger partial charge in [0.2, 0.25) is 0 Å². The molecular weight excluding hydrogens is 282 g/mol. The third kappa shape index (κ3) is 2.43. The van der Waals surface area contributed by atoms with Crippen LogP contribution >= 0.6 is 15.9 Å². The maximum absolute atomic E-state index is 5.80. The molecule has 0 saturated carbocycles. The van der Waals surface area contributed by atoms with Gasteiger partial charge in [0.25, 0.3) is 0 Å². The lowest BCUT2D eigenvalue weighted by Gasteiger charge is -2.19. The second kappa shape index (κ2) is 5.27. The predicted molar refractivity (Wildman–Crippen MR) is 72.0 cm³/mol. The molecule has 1 aliphatic rings. The number of hydrogen-bond donors (Lipinski definition) is 1. The van der Waals surface area contributed by atoms with Gasteiger partial charge in [-0.15, -0.1) is 0 Å². The molecule has 0 aliphatic carbocycles. The Morgan fingerprint density at radius 3 is 2.65 bits per heavy atom. The van der Waals surface area contributed by atoms with Crippen molar-refractivity contribution in [2.75, 3.05) is 19.8 Å². The van der Waals surface area contributed by atoms with Gasteiger partial charge in [0.15, 0.2) is 11.5 Å². The fourth-order valence-corrected chi connectivity index (χ4v) is 2.62. The Hall–Kier alpha value is -0.740. The van der Waals surface area contributed by atoms with Gasteiger partial charge < -0.3 is 15.2 Å². The summed E-state index contributed by atoms with van der Waals surface area (Å²) in [5.41, 5.74) is 8.11. The lowest BCUT2D eigenvalue weighted by atomic mass is 9.95. The number of fused-ring (bicyclic) bond motifs is 1. The van der Waals surface area contributed by atoms with Crippen molar-refractivity contribution in [3.05, 3.63) is 21.7 Å². The molecule has 1 atom stereocenters. The molecule has 2 rings (SSSR count). The van der Waals surface area contributed by atoms with Crippen molar-refractivity contribution in [1.82, 2.24) is 0 Å². The zero-order chi connectivity index (χ0) is 12.4. The predicted octanol–water partition coefficient (Wildman–Crippen LogP) is 2.98. The van der Waals surface area contributed by atoms with Crippen LogP contribution in [0.2, 0.25) is 0 Å². The highest BCUT2D eigenvalue weighted by Crippen LogP contribution is 2.43. The molecule has 1 unspecified atom stereocenters. The molecule has 0 saturated heterocycles. The van der Waals surface area contributed by atoms with E-state index in [1.54, 1.807) is 0 Å². The normalized spacial score (nSPS) is 16.5. The minimum Gasteiger partial charge on any atom is -0.489 e. The van der Waals surface area contributed by atoms with Crippen LogP contribution in [-0.4, -0.2) is 19.8 Å². The second-order valence-electron chi connectivity index (χ2n) is 4.42. The van der Waals surface area contributed by atoms with Crippen molar-refractivity contribution in [3.8, 4) is 11.5 Å². The van der Waals surface area contributed by atoms with Crippen molar-refractivity contribution in [1.29, 1.82) is 0 Å². The molecule has 0 amide bonds. The SMILES string of the molecule is Cc1c(C(C)CN)cc(Br)c2c1OCCCO2. The van der Waals surface area contributed by atoms with Gasteiger partial charge in [-0.1, -0.05) is 6.92 Å². The van der Waals surface area contributed by atoms with E-state index >= 15 is 0 Å². The minimum atomic E-state index is 0.323. The first kappa shape index (κ1) is 12.7. The third-order valence-electron chi connectivity index (χ3n) is 3.14. The zero-order valence-corrected chi connectivity index (χ0v) is 11.8. The molecule has 1 aromatic rings. The summed E-state index contributed by atoms with van der Waals surface area (Å²) < 4.78 is 12.5. The Morgan fingerprint density at radius 2 is 2.00 bits per heavy atom. The van der Waals surface area contributed by atoms with Gasteiger partial charge in [0.05, 0.1) is 17.7 Å². The average Bonchev–Trinajstić information content (AvgIpc) is 2.58. The molecule has 2 N–H and O–H groups in total. The monoisotopic (exact) mass is 299 g/mol. The van der Waals surface area contributed by atoms with E-state index < -0.39 is 0 Å². The molecular formula is C13H18BrNO2. The molecule has 3 nitrogen and oxygen atoms in total. The Balaban J connectivity index is 2.52. The summed E-state index contributed by atoms with van der Waals surface area (Å²) in [7, 11) is 0. The number of benzene rings is 1. The van der Waals surface area contributed by atoms with Crippen molar-refractivity contribution in [2.45, 2.75) is 26.2 Å². The number of halogens is 1. The highest BCUT2D eigenvalue weighted by Gasteiger charge is 2.21. The lowest BCUT2D eigenvalue weighted by Crippen LogP contribution is -2.11. The maximum atomic E-state index is 5.80. The summed E-state index contributed by atoms with van der Waals surface area (Å²) in [6.07, 6.45) is 0.919. The van der Waals surface area contributed by atoms with Crippen molar-refractivity contribution in [3.63, 3.8) is 0 Å². The summed E-state index contributed by atoms with van der Waals surface area (Å²) in [5, 5.41) is 0. The molecule has 1 aromatic carbocycles. The topological polar surface area (TPSA) is 44.5 Å². The summed E-state index contributed by atoms with van der Waals surface area (Å²) in [6, 6.07) is 2.10. The largest absolute Gasteiger partial charge is 0.489 e. The van der Waals surface area contributed by atoms with Crippen LogP contribution in [0.4, 0.5) is 0 Å². The second-order valence-corrected chi connectivity index (χ2v) is 5.27. The minimum absolute atomic E-state index is 0.323. The van der Waals surface area contributed by atoms with E-state index in [4.69, 9.17) is 15.2 Å². The first-order valence-electron chi connectivity index (χ1n) is 5.93. The number of rotatable bonds is 2. The molecule has 17 heavy (non-hydrogen) atoms. The summed E-state index contributed by atoms with van der Waals surface area (Å²) in [6.45, 7) is 6.24. The van der Waals surface area contributed by atoms with Gasteiger partial charge in [-0.05, 0) is 52.5 Å². The molecule has 0 fully saturated rings. The van der Waals surface area contributed by atoms with Crippen LogP contribution in [0, 0.1) is 6.92 Å². The highest BCUT2D eigenvalue weighted by molar-refractivity contribution is 9.10. The van der Waals surface area contributed by atoms with Crippen LogP contribution in [0.15, 0.2) is 10.5 Å². The van der Waals surface area contributed by atoms with Crippen LogP contribution in [0.5, 0.6) is 11.5 Å². The van der Waals surface area contributed by atoms with Crippen LogP contribution in [0.1, 0.15) is 30.4 Å². The molecule has 1 aliphatic heterocycles. The Bertz CT molecular complexity index is 420. The van der Waals surface area contributed by atoms with E-state index in [1.807, 2.05) is 0 Å². The molecule has 0 radical (unpaired) electrons. The summed E-state index contributed by atoms with van der Waals surface area (Å²) >= 11 is 3.55. The lowest BCUT2D eigenvalue weighted by molar-refractivity contribution is 0.296. The number of ether oxygens (including phenoxy) is 2. The molecule has 0 aromatic heterocycles. The van der Waals surface area contributed by atoms with Crippen LogP contribution < -0.4 is 15.2 Å². The summed E-state index contributed by atoms with van der Waals surface area (Å²) in [4.78, 5) is 0. The summed E-state index contributed by atoms with van der Waals surface area (Å²) in [5.74, 6) is 2.02. The Kier molecular flexibility index (Phi) is 3.94. The van der Waals surface area contributed by atoms with Gasteiger partial charge in [-0.3, -0.25) is 0 Å². The Labute approximate surface area is 110 Å². The number of hydrogen-bond acceptors (Lipinski definition) is 3. The Morgan fingerprint density at radius 1 is 1.35 bits per heavy atom. The van der Waals surface area contributed by atoms with E-state index in [2.05, 4.69) is 35.8 Å². The van der Waals surface area contributed by atoms with E-state index in [9.17, 15) is 0 Å². The highest BCUT2D eigenvalue weighted by atomic mass is 79.9. The van der Waals surface area contributed by atoms with Gasteiger partial charge in [0, 0.05) is 6.42 Å². The molecule has 4 heteroatoms. The maximum Gasteiger partial charge on any atom is 0.175 e. The van der Waals surface area contributed by atoms with Gasteiger partial charge >= 0.3 is 0 Å². The fraction of sp³-hybridized carbons (Fsp3) is 0.538. The van der Waals surface area contributed by atoms with E-state index in [1.165, 1.54) is 5.56 Å². The third-order valence-corrected chi connectivity index (χ3v) is 3.73.